The Morgan fingerprint density at radius 3 is 2.37 bits per heavy atom. The number of nitrogens with two attached hydrogens (primary N) is 1. The maximum Gasteiger partial charge on any atom is 0.284 e. The molecular weight excluding hydrogens is 408 g/mol. The first-order chi connectivity index (χ1) is 14.3. The molecule has 10 heteroatoms. The van der Waals surface area contributed by atoms with Crippen LogP contribution in [-0.4, -0.2) is 62.2 Å². The first kappa shape index (κ1) is 22.0. The molecule has 30 heavy (non-hydrogen) atoms. The third-order valence-electron chi connectivity index (χ3n) is 5.08. The van der Waals surface area contributed by atoms with Crippen molar-refractivity contribution in [2.24, 2.45) is 5.73 Å². The van der Waals surface area contributed by atoms with Gasteiger partial charge in [-0.25, -0.2) is 8.42 Å². The molecule has 2 heterocycles. The number of furan rings is 1. The highest BCUT2D eigenvalue weighted by Crippen LogP contribution is 2.20. The molecule has 0 aliphatic carbocycles. The number of nitrogens with zero attached hydrogens (tertiary/aromatic N) is 2. The molecule has 1 aliphatic rings. The van der Waals surface area contributed by atoms with Crippen LogP contribution >= 0.6 is 0 Å². The molecule has 162 valence electrons. The van der Waals surface area contributed by atoms with Crippen molar-refractivity contribution in [2.75, 3.05) is 32.7 Å². The molecule has 1 aliphatic heterocycles. The first-order valence-electron chi connectivity index (χ1n) is 9.74. The van der Waals surface area contributed by atoms with E-state index in [0.717, 1.165) is 5.56 Å². The number of hydrogen-bond donors (Lipinski definition) is 2. The second kappa shape index (κ2) is 9.41. The van der Waals surface area contributed by atoms with E-state index in [1.165, 1.54) is 16.4 Å². The topological polar surface area (TPSA) is 126 Å². The van der Waals surface area contributed by atoms with Gasteiger partial charge in [-0.3, -0.25) is 9.59 Å². The molecule has 2 aromatic rings. The van der Waals surface area contributed by atoms with E-state index in [2.05, 4.69) is 10.2 Å². The van der Waals surface area contributed by atoms with Gasteiger partial charge >= 0.3 is 0 Å². The first-order valence-corrected chi connectivity index (χ1v) is 11.2. The highest BCUT2D eigenvalue weighted by molar-refractivity contribution is 7.89. The molecular formula is C20H26N4O5S. The number of rotatable bonds is 8. The van der Waals surface area contributed by atoms with Crippen LogP contribution in [0.4, 0.5) is 0 Å². The van der Waals surface area contributed by atoms with E-state index in [0.29, 0.717) is 26.1 Å². The Morgan fingerprint density at radius 1 is 1.10 bits per heavy atom. The van der Waals surface area contributed by atoms with Crippen molar-refractivity contribution in [3.8, 4) is 0 Å². The molecule has 3 rings (SSSR count). The van der Waals surface area contributed by atoms with Crippen LogP contribution in [0.2, 0.25) is 0 Å². The minimum atomic E-state index is -3.82. The van der Waals surface area contributed by atoms with Crippen molar-refractivity contribution in [3.63, 3.8) is 0 Å². The van der Waals surface area contributed by atoms with Crippen molar-refractivity contribution in [3.05, 3.63) is 53.8 Å². The Balaban J connectivity index is 1.46. The summed E-state index contributed by atoms with van der Waals surface area (Å²) < 4.78 is 31.7. The predicted octanol–water partition coefficient (Wildman–Crippen LogP) is 0.952. The van der Waals surface area contributed by atoms with Crippen molar-refractivity contribution in [2.45, 2.75) is 24.5 Å². The molecule has 9 nitrogen and oxygen atoms in total. The Labute approximate surface area is 175 Å². The molecule has 0 radical (unpaired) electrons. The summed E-state index contributed by atoms with van der Waals surface area (Å²) in [5, 5.41) is 2.69. The zero-order valence-electron chi connectivity index (χ0n) is 16.8. The molecule has 1 aromatic carbocycles. The Bertz CT molecular complexity index is 982. The average Bonchev–Trinajstić information content (AvgIpc) is 3.25. The fourth-order valence-corrected chi connectivity index (χ4v) is 4.64. The van der Waals surface area contributed by atoms with Crippen LogP contribution < -0.4 is 11.1 Å². The molecule has 1 saturated heterocycles. The van der Waals surface area contributed by atoms with Gasteiger partial charge in [0, 0.05) is 39.1 Å². The smallest absolute Gasteiger partial charge is 0.284 e. The summed E-state index contributed by atoms with van der Waals surface area (Å²) in [6, 6.07) is 12.2. The zero-order chi connectivity index (χ0) is 21.7. The third kappa shape index (κ3) is 5.26. The van der Waals surface area contributed by atoms with Crippen molar-refractivity contribution in [1.29, 1.82) is 0 Å². The monoisotopic (exact) mass is 434 g/mol. The molecule has 1 fully saturated rings. The minimum absolute atomic E-state index is 0.0454. The third-order valence-corrected chi connectivity index (χ3v) is 6.85. The van der Waals surface area contributed by atoms with Crippen molar-refractivity contribution >= 4 is 21.8 Å². The molecule has 0 bridgehead atoms. The normalized spacial score (nSPS) is 16.8. The summed E-state index contributed by atoms with van der Waals surface area (Å²) in [5.41, 5.74) is 6.15. The van der Waals surface area contributed by atoms with E-state index in [-0.39, 0.29) is 35.9 Å². The molecule has 2 amide bonds. The van der Waals surface area contributed by atoms with Crippen LogP contribution in [0.25, 0.3) is 0 Å². The number of benzene rings is 1. The van der Waals surface area contributed by atoms with E-state index in [9.17, 15) is 18.0 Å². The Kier molecular flexibility index (Phi) is 6.91. The van der Waals surface area contributed by atoms with E-state index in [1.807, 2.05) is 37.3 Å². The van der Waals surface area contributed by atoms with Gasteiger partial charge in [-0.2, -0.15) is 4.31 Å². The van der Waals surface area contributed by atoms with Gasteiger partial charge in [-0.1, -0.05) is 30.3 Å². The summed E-state index contributed by atoms with van der Waals surface area (Å²) in [7, 11) is -3.82. The molecule has 0 unspecified atom stereocenters. The Hall–Kier alpha value is -2.69. The number of amides is 2. The molecule has 0 saturated carbocycles. The number of piperazine rings is 1. The lowest BCUT2D eigenvalue weighted by molar-refractivity contribution is -0.122. The number of hydrogen-bond acceptors (Lipinski definition) is 6. The predicted molar refractivity (Wildman–Crippen MR) is 110 cm³/mol. The summed E-state index contributed by atoms with van der Waals surface area (Å²) in [6.07, 6.45) is 0.337. The van der Waals surface area contributed by atoms with Gasteiger partial charge in [-0.15, -0.1) is 0 Å². The van der Waals surface area contributed by atoms with E-state index in [4.69, 9.17) is 10.2 Å². The fraction of sp³-hybridized carbons (Fsp3) is 0.400. The average molecular weight is 435 g/mol. The standard InChI is InChI=1S/C20H26N4O5S/c1-15(16-5-3-2-4-6-16)22-18(25)9-10-23-11-13-24(14-12-23)30(27,28)19-8-7-17(29-19)20(21)26/h2-8,15H,9-14H2,1H3,(H2,21,26)(H,22,25)/t15-/m0/s1. The molecule has 1 atom stereocenters. The lowest BCUT2D eigenvalue weighted by atomic mass is 10.1. The van der Waals surface area contributed by atoms with Crippen LogP contribution in [0.3, 0.4) is 0 Å². The lowest BCUT2D eigenvalue weighted by Gasteiger charge is -2.33. The maximum atomic E-state index is 12.6. The fourth-order valence-electron chi connectivity index (χ4n) is 3.31. The van der Waals surface area contributed by atoms with Gasteiger partial charge in [0.15, 0.2) is 5.76 Å². The SMILES string of the molecule is C[C@H](NC(=O)CCN1CCN(S(=O)(=O)c2ccc(C(N)=O)o2)CC1)c1ccccc1. The Morgan fingerprint density at radius 2 is 1.77 bits per heavy atom. The number of carbonyl (C=O) groups is 2. The van der Waals surface area contributed by atoms with Gasteiger partial charge < -0.3 is 20.4 Å². The van der Waals surface area contributed by atoms with Crippen molar-refractivity contribution < 1.29 is 22.4 Å². The number of nitrogens with one attached hydrogen (secondary N) is 1. The van der Waals surface area contributed by atoms with Gasteiger partial charge in [-0.05, 0) is 24.6 Å². The zero-order valence-corrected chi connectivity index (χ0v) is 17.6. The highest BCUT2D eigenvalue weighted by atomic mass is 32.2. The highest BCUT2D eigenvalue weighted by Gasteiger charge is 2.31. The second-order valence-corrected chi connectivity index (χ2v) is 9.05. The van der Waals surface area contributed by atoms with E-state index in [1.54, 1.807) is 0 Å². The van der Waals surface area contributed by atoms with Crippen LogP contribution in [-0.2, 0) is 14.8 Å². The van der Waals surface area contributed by atoms with Crippen LogP contribution in [0.5, 0.6) is 0 Å². The lowest BCUT2D eigenvalue weighted by Crippen LogP contribution is -2.49. The van der Waals surface area contributed by atoms with Crippen LogP contribution in [0.15, 0.2) is 52.0 Å². The second-order valence-electron chi connectivity index (χ2n) is 7.18. The van der Waals surface area contributed by atoms with Crippen LogP contribution in [0.1, 0.15) is 35.5 Å². The van der Waals surface area contributed by atoms with Gasteiger partial charge in [0.05, 0.1) is 6.04 Å². The number of primary amides is 1. The minimum Gasteiger partial charge on any atom is -0.438 e. The number of carbonyl (C=O) groups excluding carboxylic acids is 2. The van der Waals surface area contributed by atoms with Gasteiger partial charge in [0.2, 0.25) is 11.0 Å². The summed E-state index contributed by atoms with van der Waals surface area (Å²) in [6.45, 7) is 4.05. The molecule has 0 spiro atoms. The maximum absolute atomic E-state index is 12.6. The summed E-state index contributed by atoms with van der Waals surface area (Å²) >= 11 is 0. The number of sulfonamides is 1. The summed E-state index contributed by atoms with van der Waals surface area (Å²) in [4.78, 5) is 25.4. The van der Waals surface area contributed by atoms with Gasteiger partial charge in [0.1, 0.15) is 0 Å². The van der Waals surface area contributed by atoms with Gasteiger partial charge in [0.25, 0.3) is 15.9 Å². The van der Waals surface area contributed by atoms with E-state index < -0.39 is 15.9 Å². The quantitative estimate of drug-likeness (QED) is 0.637. The van der Waals surface area contributed by atoms with Crippen molar-refractivity contribution in [1.82, 2.24) is 14.5 Å². The van der Waals surface area contributed by atoms with Crippen LogP contribution in [0, 0.1) is 0 Å². The van der Waals surface area contributed by atoms with E-state index >= 15 is 0 Å². The summed E-state index contributed by atoms with van der Waals surface area (Å²) in [5.74, 6) is -1.06. The largest absolute Gasteiger partial charge is 0.438 e. The molecule has 3 N–H and O–H groups in total. The molecule has 1 aromatic heterocycles.